The molecule has 1 aliphatic heterocycles. The van der Waals surface area contributed by atoms with Crippen LogP contribution in [0.3, 0.4) is 0 Å². The Morgan fingerprint density at radius 2 is 1.74 bits per heavy atom. The molecule has 192 valence electrons. The minimum Gasteiger partial charge on any atom is -0.457 e. The van der Waals surface area contributed by atoms with Crippen LogP contribution in [0.2, 0.25) is 0 Å². The Morgan fingerprint density at radius 3 is 2.49 bits per heavy atom. The lowest BCUT2D eigenvalue weighted by atomic mass is 10.1. The second-order valence-corrected chi connectivity index (χ2v) is 9.87. The van der Waals surface area contributed by atoms with E-state index in [0.717, 1.165) is 46.7 Å². The molecule has 1 amide bonds. The number of nitrogens with zero attached hydrogens (tertiary/aromatic N) is 3. The van der Waals surface area contributed by atoms with Crippen LogP contribution in [0.4, 0.5) is 17.2 Å². The normalized spacial score (nSPS) is 19.2. The first-order valence-corrected chi connectivity index (χ1v) is 12.9. The Balaban J connectivity index is 1.28. The van der Waals surface area contributed by atoms with Crippen LogP contribution in [-0.2, 0) is 4.79 Å². The van der Waals surface area contributed by atoms with Gasteiger partial charge in [0.05, 0.1) is 16.8 Å². The van der Waals surface area contributed by atoms with E-state index < -0.39 is 0 Å². The van der Waals surface area contributed by atoms with Gasteiger partial charge in [0.25, 0.3) is 5.91 Å². The summed E-state index contributed by atoms with van der Waals surface area (Å²) in [4.78, 5) is 23.7. The van der Waals surface area contributed by atoms with Crippen molar-refractivity contribution in [2.24, 2.45) is 17.8 Å². The van der Waals surface area contributed by atoms with Crippen LogP contribution in [0.15, 0.2) is 73.1 Å². The number of nitrogens with one attached hydrogen (secondary N) is 2. The molecule has 2 fully saturated rings. The number of ether oxygens (including phenoxy) is 1. The number of anilines is 3. The van der Waals surface area contributed by atoms with Crippen LogP contribution < -0.4 is 15.4 Å². The van der Waals surface area contributed by atoms with Crippen LogP contribution in [0.5, 0.6) is 11.5 Å². The fourth-order valence-electron chi connectivity index (χ4n) is 5.16. The second kappa shape index (κ2) is 10.5. The van der Waals surface area contributed by atoms with Gasteiger partial charge >= 0.3 is 0 Å². The number of fused-ring (bicyclic) bond motifs is 2. The molecule has 0 spiro atoms. The largest absolute Gasteiger partial charge is 0.457 e. The lowest BCUT2D eigenvalue weighted by Crippen LogP contribution is -2.18. The molecule has 3 aromatic carbocycles. The summed E-state index contributed by atoms with van der Waals surface area (Å²) in [6.45, 7) is 3.83. The van der Waals surface area contributed by atoms with Gasteiger partial charge in [-0.3, -0.25) is 4.79 Å². The van der Waals surface area contributed by atoms with Crippen molar-refractivity contribution >= 4 is 34.0 Å². The summed E-state index contributed by atoms with van der Waals surface area (Å²) in [6, 6.07) is 21.1. The molecule has 2 aliphatic rings. The van der Waals surface area contributed by atoms with Gasteiger partial charge < -0.3 is 20.3 Å². The summed E-state index contributed by atoms with van der Waals surface area (Å²) in [5.74, 6) is 15.4. The number of benzene rings is 3. The summed E-state index contributed by atoms with van der Waals surface area (Å²) in [5, 5.41) is 7.03. The zero-order chi connectivity index (χ0) is 26.8. The smallest absolute Gasteiger partial charge is 0.300 e. The van der Waals surface area contributed by atoms with E-state index in [-0.39, 0.29) is 5.91 Å². The predicted molar refractivity (Wildman–Crippen MR) is 153 cm³/mol. The lowest BCUT2D eigenvalue weighted by molar-refractivity contribution is -0.111. The average molecular weight is 514 g/mol. The number of piperidine rings is 1. The minimum absolute atomic E-state index is 0.384. The van der Waals surface area contributed by atoms with Crippen LogP contribution in [0.1, 0.15) is 12.5 Å². The summed E-state index contributed by atoms with van der Waals surface area (Å²) in [6.07, 6.45) is 1.52. The quantitative estimate of drug-likeness (QED) is 0.353. The molecule has 0 radical (unpaired) electrons. The summed E-state index contributed by atoms with van der Waals surface area (Å²) < 4.78 is 5.89. The summed E-state index contributed by atoms with van der Waals surface area (Å²) in [7, 11) is 2.15. The van der Waals surface area contributed by atoms with Gasteiger partial charge in [0, 0.05) is 30.1 Å². The van der Waals surface area contributed by atoms with Crippen molar-refractivity contribution in [1.29, 1.82) is 0 Å². The van der Waals surface area contributed by atoms with Crippen LogP contribution >= 0.6 is 0 Å². The Morgan fingerprint density at radius 1 is 1.00 bits per heavy atom. The van der Waals surface area contributed by atoms with E-state index in [1.807, 2.05) is 66.7 Å². The van der Waals surface area contributed by atoms with Crippen LogP contribution in [0, 0.1) is 41.4 Å². The zero-order valence-corrected chi connectivity index (χ0v) is 21.7. The van der Waals surface area contributed by atoms with Crippen molar-refractivity contribution in [1.82, 2.24) is 14.9 Å². The number of likely N-dealkylation sites (tertiary alicyclic amines) is 1. The van der Waals surface area contributed by atoms with Gasteiger partial charge in [0.1, 0.15) is 23.6 Å². The fraction of sp³-hybridized carbons (Fsp3) is 0.219. The molecular weight excluding hydrogens is 486 g/mol. The average Bonchev–Trinajstić information content (AvgIpc) is 3.40. The molecule has 1 aromatic heterocycles. The number of rotatable bonds is 5. The van der Waals surface area contributed by atoms with Gasteiger partial charge in [-0.25, -0.2) is 9.97 Å². The van der Waals surface area contributed by atoms with E-state index in [0.29, 0.717) is 29.3 Å². The molecule has 6 rings (SSSR count). The number of hydrogen-bond acceptors (Lipinski definition) is 6. The Labute approximate surface area is 227 Å². The molecule has 2 heterocycles. The summed E-state index contributed by atoms with van der Waals surface area (Å²) in [5.41, 5.74) is 2.89. The van der Waals surface area contributed by atoms with Gasteiger partial charge in [-0.1, -0.05) is 36.0 Å². The third-order valence-electron chi connectivity index (χ3n) is 7.11. The fourth-order valence-corrected chi connectivity index (χ4v) is 5.16. The van der Waals surface area contributed by atoms with Crippen LogP contribution in [-0.4, -0.2) is 40.9 Å². The molecule has 39 heavy (non-hydrogen) atoms. The van der Waals surface area contributed by atoms with Gasteiger partial charge in [-0.2, -0.15) is 0 Å². The number of para-hydroxylation sites is 1. The van der Waals surface area contributed by atoms with E-state index in [1.165, 1.54) is 6.33 Å². The molecule has 1 aliphatic carbocycles. The topological polar surface area (TPSA) is 79.4 Å². The number of aromatic nitrogens is 2. The van der Waals surface area contributed by atoms with Crippen molar-refractivity contribution in [3.05, 3.63) is 78.6 Å². The first-order valence-electron chi connectivity index (χ1n) is 12.9. The molecule has 1 saturated carbocycles. The Kier molecular flexibility index (Phi) is 6.59. The molecule has 0 unspecified atom stereocenters. The first kappa shape index (κ1) is 24.5. The highest BCUT2D eigenvalue weighted by Crippen LogP contribution is 2.50. The lowest BCUT2D eigenvalue weighted by Gasteiger charge is -2.12. The van der Waals surface area contributed by atoms with Crippen LogP contribution in [0.25, 0.3) is 10.9 Å². The summed E-state index contributed by atoms with van der Waals surface area (Å²) >= 11 is 0. The van der Waals surface area contributed by atoms with Crippen molar-refractivity contribution in [3.63, 3.8) is 0 Å². The SMILES string of the molecule is CC#CC(=O)Nc1cc2c(Nc3ccc(Oc4ccccc4)cc3)ncnc2cc1C#C[C@@H]1[C@H]2CN(C)C[C@@H]12. The maximum atomic E-state index is 12.4. The van der Waals surface area contributed by atoms with E-state index >= 15 is 0 Å². The highest BCUT2D eigenvalue weighted by Gasteiger charge is 2.53. The number of amides is 1. The maximum Gasteiger partial charge on any atom is 0.300 e. The third-order valence-corrected chi connectivity index (χ3v) is 7.11. The minimum atomic E-state index is -0.384. The molecule has 2 N–H and O–H groups in total. The van der Waals surface area contributed by atoms with Crippen molar-refractivity contribution < 1.29 is 9.53 Å². The number of carbonyl (C=O) groups is 1. The van der Waals surface area contributed by atoms with Crippen molar-refractivity contribution in [2.75, 3.05) is 30.8 Å². The molecule has 3 atom stereocenters. The predicted octanol–water partition coefficient (Wildman–Crippen LogP) is 5.29. The molecule has 7 nitrogen and oxygen atoms in total. The molecule has 7 heteroatoms. The molecule has 0 bridgehead atoms. The van der Waals surface area contributed by atoms with E-state index in [9.17, 15) is 4.79 Å². The molecule has 4 aromatic rings. The van der Waals surface area contributed by atoms with E-state index in [4.69, 9.17) is 4.74 Å². The highest BCUT2D eigenvalue weighted by atomic mass is 16.5. The van der Waals surface area contributed by atoms with Crippen molar-refractivity contribution in [2.45, 2.75) is 6.92 Å². The first-order chi connectivity index (χ1) is 19.1. The van der Waals surface area contributed by atoms with E-state index in [2.05, 4.69) is 56.2 Å². The van der Waals surface area contributed by atoms with E-state index in [1.54, 1.807) is 6.92 Å². The monoisotopic (exact) mass is 513 g/mol. The molecular formula is C32H27N5O2. The Hall–Kier alpha value is -4.85. The second-order valence-electron chi connectivity index (χ2n) is 9.87. The Bertz CT molecular complexity index is 1650. The highest BCUT2D eigenvalue weighted by molar-refractivity contribution is 6.06. The molecule has 1 saturated heterocycles. The number of carbonyl (C=O) groups excluding carboxylic acids is 1. The van der Waals surface area contributed by atoms with Crippen molar-refractivity contribution in [3.8, 4) is 35.2 Å². The van der Waals surface area contributed by atoms with Gasteiger partial charge in [0.15, 0.2) is 0 Å². The zero-order valence-electron chi connectivity index (χ0n) is 21.7. The number of hydrogen-bond donors (Lipinski definition) is 2. The third kappa shape index (κ3) is 5.40. The maximum absolute atomic E-state index is 12.4. The standard InChI is InChI=1S/C32H27N5O2/c1-3-7-31(38)36-29-17-26-30(16-21(29)10-15-25-27-18-37(2)19-28(25)27)33-20-34-32(26)35-22-11-13-24(14-12-22)39-23-8-5-4-6-9-23/h4-6,8-9,11-14,16-17,20,25,27-28H,18-19H2,1-2H3,(H,36,38)(H,33,34,35)/t25-,27-,28+. The van der Waals surface area contributed by atoms with Gasteiger partial charge in [-0.15, -0.1) is 0 Å². The van der Waals surface area contributed by atoms with Gasteiger partial charge in [-0.05, 0) is 80.3 Å². The van der Waals surface area contributed by atoms with Gasteiger partial charge in [0.2, 0.25) is 0 Å².